The summed E-state index contributed by atoms with van der Waals surface area (Å²) in [4.78, 5) is 11.0. The van der Waals surface area contributed by atoms with Gasteiger partial charge >= 0.3 is 0 Å². The monoisotopic (exact) mass is 370 g/mol. The Hall–Kier alpha value is -0.530. The molecular weight excluding hydrogens is 336 g/mol. The molecule has 0 amide bonds. The summed E-state index contributed by atoms with van der Waals surface area (Å²) in [6.45, 7) is 3.18. The van der Waals surface area contributed by atoms with Crippen molar-refractivity contribution in [2.75, 3.05) is 26.4 Å². The van der Waals surface area contributed by atoms with Crippen molar-refractivity contribution in [3.05, 3.63) is 0 Å². The Morgan fingerprint density at radius 1 is 0.692 bits per heavy atom. The van der Waals surface area contributed by atoms with Crippen molar-refractivity contribution in [2.24, 2.45) is 0 Å². The molecule has 0 spiro atoms. The van der Waals surface area contributed by atoms with Gasteiger partial charge in [-0.25, -0.2) is 0 Å². The first-order chi connectivity index (χ1) is 12.7. The Kier molecular flexibility index (Phi) is 8.33. The molecule has 2 aliphatic carbocycles. The lowest BCUT2D eigenvalue weighted by Crippen LogP contribution is -2.28. The molecule has 4 rings (SSSR count). The van der Waals surface area contributed by atoms with E-state index in [4.69, 9.17) is 18.9 Å². The molecule has 0 aromatic heterocycles. The lowest BCUT2D eigenvalue weighted by molar-refractivity contribution is -0.124. The third-order valence-corrected chi connectivity index (χ3v) is 5.68. The standard InChI is InChI=1S/C10H18O3.C10H16O3/c2*11-8-1-3-9(4-2-8)13-10-5-6-12-7-10/h8-11H,1-7H2;9-10H,1-7H2/t8?,9?,10-;10-/m00/s1. The summed E-state index contributed by atoms with van der Waals surface area (Å²) in [5, 5.41) is 9.31. The molecule has 0 unspecified atom stereocenters. The van der Waals surface area contributed by atoms with Gasteiger partial charge in [-0.05, 0) is 51.4 Å². The van der Waals surface area contributed by atoms with E-state index in [1.165, 1.54) is 0 Å². The van der Waals surface area contributed by atoms with Gasteiger partial charge in [0.05, 0.1) is 43.7 Å². The van der Waals surface area contributed by atoms with Crippen molar-refractivity contribution in [3.63, 3.8) is 0 Å². The summed E-state index contributed by atoms with van der Waals surface area (Å²) in [6, 6.07) is 0. The molecule has 4 fully saturated rings. The van der Waals surface area contributed by atoms with Gasteiger partial charge in [-0.2, -0.15) is 0 Å². The van der Waals surface area contributed by atoms with Crippen LogP contribution in [0.2, 0.25) is 0 Å². The van der Waals surface area contributed by atoms with Crippen LogP contribution in [-0.2, 0) is 23.7 Å². The molecule has 2 saturated heterocycles. The predicted molar refractivity (Wildman–Crippen MR) is 96.1 cm³/mol. The fourth-order valence-electron chi connectivity index (χ4n) is 4.02. The van der Waals surface area contributed by atoms with Gasteiger partial charge in [0, 0.05) is 26.1 Å². The van der Waals surface area contributed by atoms with E-state index in [0.717, 1.165) is 77.8 Å². The molecule has 2 aliphatic heterocycles. The van der Waals surface area contributed by atoms with Crippen LogP contribution in [0.5, 0.6) is 0 Å². The van der Waals surface area contributed by atoms with Gasteiger partial charge in [0.2, 0.25) is 0 Å². The number of Topliss-reactive ketones (excluding diaryl/α,β-unsaturated/α-hetero) is 1. The van der Waals surface area contributed by atoms with E-state index in [0.29, 0.717) is 43.0 Å². The zero-order chi connectivity index (χ0) is 18.2. The van der Waals surface area contributed by atoms with Crippen molar-refractivity contribution in [1.29, 1.82) is 0 Å². The number of ketones is 1. The van der Waals surface area contributed by atoms with Crippen molar-refractivity contribution in [1.82, 2.24) is 0 Å². The number of aliphatic hydroxyl groups is 1. The molecule has 2 atom stereocenters. The normalized spacial score (nSPS) is 36.0. The van der Waals surface area contributed by atoms with Crippen LogP contribution >= 0.6 is 0 Å². The molecular formula is C20H34O6. The number of hydrogen-bond acceptors (Lipinski definition) is 6. The van der Waals surface area contributed by atoms with Gasteiger partial charge in [0.15, 0.2) is 0 Å². The molecule has 4 aliphatic rings. The van der Waals surface area contributed by atoms with Gasteiger partial charge in [0.1, 0.15) is 5.78 Å². The molecule has 0 radical (unpaired) electrons. The van der Waals surface area contributed by atoms with Crippen LogP contribution in [0.25, 0.3) is 0 Å². The van der Waals surface area contributed by atoms with Gasteiger partial charge in [-0.3, -0.25) is 4.79 Å². The summed E-state index contributed by atoms with van der Waals surface area (Å²) in [5.41, 5.74) is 0. The maximum atomic E-state index is 11.0. The summed E-state index contributed by atoms with van der Waals surface area (Å²) in [7, 11) is 0. The average molecular weight is 370 g/mol. The second-order valence-corrected chi connectivity index (χ2v) is 7.91. The highest BCUT2D eigenvalue weighted by Gasteiger charge is 2.25. The van der Waals surface area contributed by atoms with Crippen molar-refractivity contribution >= 4 is 5.78 Å². The highest BCUT2D eigenvalue weighted by Crippen LogP contribution is 2.24. The van der Waals surface area contributed by atoms with Crippen molar-refractivity contribution in [3.8, 4) is 0 Å². The summed E-state index contributed by atoms with van der Waals surface area (Å²) < 4.78 is 22.2. The Morgan fingerprint density at radius 3 is 1.65 bits per heavy atom. The first kappa shape index (κ1) is 20.2. The molecule has 6 nitrogen and oxygen atoms in total. The van der Waals surface area contributed by atoms with Crippen LogP contribution in [-0.4, -0.2) is 67.8 Å². The molecule has 0 aromatic carbocycles. The van der Waals surface area contributed by atoms with Crippen molar-refractivity contribution in [2.45, 2.75) is 94.7 Å². The van der Waals surface area contributed by atoms with E-state index >= 15 is 0 Å². The fraction of sp³-hybridized carbons (Fsp3) is 0.950. The second-order valence-electron chi connectivity index (χ2n) is 7.91. The Balaban J connectivity index is 0.000000151. The first-order valence-electron chi connectivity index (χ1n) is 10.3. The lowest BCUT2D eigenvalue weighted by Gasteiger charge is -2.27. The minimum atomic E-state index is -0.0836. The molecule has 1 N–H and O–H groups in total. The van der Waals surface area contributed by atoms with Crippen LogP contribution in [0.15, 0.2) is 0 Å². The molecule has 2 saturated carbocycles. The first-order valence-corrected chi connectivity index (χ1v) is 10.3. The smallest absolute Gasteiger partial charge is 0.133 e. The molecule has 150 valence electrons. The topological polar surface area (TPSA) is 74.2 Å². The third-order valence-electron chi connectivity index (χ3n) is 5.68. The van der Waals surface area contributed by atoms with E-state index < -0.39 is 0 Å². The number of ether oxygens (including phenoxy) is 4. The van der Waals surface area contributed by atoms with E-state index in [9.17, 15) is 9.90 Å². The van der Waals surface area contributed by atoms with Crippen molar-refractivity contribution < 1.29 is 28.8 Å². The quantitative estimate of drug-likeness (QED) is 0.819. The number of rotatable bonds is 4. The molecule has 26 heavy (non-hydrogen) atoms. The van der Waals surface area contributed by atoms with Crippen LogP contribution in [0.4, 0.5) is 0 Å². The molecule has 0 bridgehead atoms. The van der Waals surface area contributed by atoms with E-state index in [2.05, 4.69) is 0 Å². The van der Waals surface area contributed by atoms with Crippen LogP contribution in [0.1, 0.15) is 64.2 Å². The summed E-state index contributed by atoms with van der Waals surface area (Å²) >= 11 is 0. The molecule has 0 aromatic rings. The summed E-state index contributed by atoms with van der Waals surface area (Å²) in [5.74, 6) is 0.391. The Morgan fingerprint density at radius 2 is 1.19 bits per heavy atom. The largest absolute Gasteiger partial charge is 0.393 e. The number of carbonyl (C=O) groups excluding carboxylic acids is 1. The number of hydrogen-bond donors (Lipinski definition) is 1. The maximum absolute atomic E-state index is 11.0. The van der Waals surface area contributed by atoms with Gasteiger partial charge < -0.3 is 24.1 Å². The van der Waals surface area contributed by atoms with E-state index in [1.807, 2.05) is 0 Å². The fourth-order valence-corrected chi connectivity index (χ4v) is 4.02. The van der Waals surface area contributed by atoms with E-state index in [-0.39, 0.29) is 6.10 Å². The number of carbonyl (C=O) groups is 1. The van der Waals surface area contributed by atoms with Gasteiger partial charge in [-0.1, -0.05) is 0 Å². The third kappa shape index (κ3) is 6.89. The lowest BCUT2D eigenvalue weighted by atomic mass is 9.95. The van der Waals surface area contributed by atoms with Gasteiger partial charge in [0.25, 0.3) is 0 Å². The molecule has 6 heteroatoms. The maximum Gasteiger partial charge on any atom is 0.133 e. The van der Waals surface area contributed by atoms with Gasteiger partial charge in [-0.15, -0.1) is 0 Å². The zero-order valence-corrected chi connectivity index (χ0v) is 15.8. The minimum Gasteiger partial charge on any atom is -0.393 e. The SMILES string of the molecule is O=C1CCC(O[C@H]2CCOC2)CC1.OC1CCC(O[C@H]2CCOC2)CC1. The number of aliphatic hydroxyl groups excluding tert-OH is 1. The second kappa shape index (κ2) is 10.7. The minimum absolute atomic E-state index is 0.0836. The van der Waals surface area contributed by atoms with Crippen LogP contribution < -0.4 is 0 Å². The summed E-state index contributed by atoms with van der Waals surface area (Å²) in [6.07, 6.45) is 10.3. The Labute approximate surface area is 156 Å². The Bertz CT molecular complexity index is 399. The highest BCUT2D eigenvalue weighted by atomic mass is 16.6. The molecule has 2 heterocycles. The van der Waals surface area contributed by atoms with Crippen LogP contribution in [0, 0.1) is 0 Å². The highest BCUT2D eigenvalue weighted by molar-refractivity contribution is 5.79. The van der Waals surface area contributed by atoms with Crippen LogP contribution in [0.3, 0.4) is 0 Å². The van der Waals surface area contributed by atoms with E-state index in [1.54, 1.807) is 0 Å². The predicted octanol–water partition coefficient (Wildman–Crippen LogP) is 2.40. The average Bonchev–Trinajstić information content (AvgIpc) is 3.34. The zero-order valence-electron chi connectivity index (χ0n) is 15.8.